The number of furan rings is 1. The fourth-order valence-corrected chi connectivity index (χ4v) is 4.39. The van der Waals surface area contributed by atoms with E-state index in [1.54, 1.807) is 17.7 Å². The Morgan fingerprint density at radius 1 is 1.39 bits per heavy atom. The van der Waals surface area contributed by atoms with Gasteiger partial charge in [0.05, 0.1) is 12.8 Å². The summed E-state index contributed by atoms with van der Waals surface area (Å²) in [7, 11) is -2.19. The van der Waals surface area contributed by atoms with Crippen molar-refractivity contribution in [2.24, 2.45) is 0 Å². The summed E-state index contributed by atoms with van der Waals surface area (Å²) in [6.07, 6.45) is 3.06. The van der Waals surface area contributed by atoms with E-state index in [-0.39, 0.29) is 22.7 Å². The predicted molar refractivity (Wildman–Crippen MR) is 88.8 cm³/mol. The van der Waals surface area contributed by atoms with Crippen molar-refractivity contribution in [2.45, 2.75) is 30.0 Å². The van der Waals surface area contributed by atoms with Crippen LogP contribution in [0.5, 0.6) is 0 Å². The van der Waals surface area contributed by atoms with E-state index in [9.17, 15) is 13.2 Å². The highest BCUT2D eigenvalue weighted by molar-refractivity contribution is 7.91. The number of sulfonamides is 1. The number of nitrogens with zero attached hydrogens (tertiary/aromatic N) is 1. The van der Waals surface area contributed by atoms with Gasteiger partial charge in [-0.2, -0.15) is 4.31 Å². The number of carbonyl (C=O) groups is 1. The number of thiophene rings is 1. The van der Waals surface area contributed by atoms with Gasteiger partial charge in [-0.15, -0.1) is 11.3 Å². The molecule has 0 fully saturated rings. The maximum absolute atomic E-state index is 12.2. The van der Waals surface area contributed by atoms with Gasteiger partial charge in [0.25, 0.3) is 10.0 Å². The highest BCUT2D eigenvalue weighted by Gasteiger charge is 2.24. The quantitative estimate of drug-likeness (QED) is 0.785. The molecular formula is C15H20N2O4S2. The number of aryl methyl sites for hydroxylation is 1. The standard InChI is InChI=1S/C15H20N2O4S2/c1-12(7-8-13-5-3-9-21-13)16-14(18)11-17(2)23(19,20)15-6-4-10-22-15/h3-6,9-10,12H,7-8,11H2,1-2H3,(H,16,18). The summed E-state index contributed by atoms with van der Waals surface area (Å²) in [6.45, 7) is 1.68. The van der Waals surface area contributed by atoms with E-state index in [0.717, 1.165) is 34.2 Å². The SMILES string of the molecule is CC(CCc1ccco1)NC(=O)CN(C)S(=O)(=O)c1cccs1. The van der Waals surface area contributed by atoms with E-state index in [1.165, 1.54) is 13.1 Å². The largest absolute Gasteiger partial charge is 0.469 e. The van der Waals surface area contributed by atoms with E-state index in [0.29, 0.717) is 0 Å². The zero-order chi connectivity index (χ0) is 16.9. The summed E-state index contributed by atoms with van der Waals surface area (Å²) in [5, 5.41) is 4.50. The third-order valence-corrected chi connectivity index (χ3v) is 6.51. The molecule has 2 rings (SSSR count). The van der Waals surface area contributed by atoms with Crippen molar-refractivity contribution in [2.75, 3.05) is 13.6 Å². The molecule has 8 heteroatoms. The maximum atomic E-state index is 12.2. The van der Waals surface area contributed by atoms with Gasteiger partial charge >= 0.3 is 0 Å². The van der Waals surface area contributed by atoms with Gasteiger partial charge in [0.1, 0.15) is 9.97 Å². The lowest BCUT2D eigenvalue weighted by Gasteiger charge is -2.18. The molecule has 0 aliphatic carbocycles. The van der Waals surface area contributed by atoms with Crippen LogP contribution in [0.2, 0.25) is 0 Å². The molecule has 0 bridgehead atoms. The second-order valence-electron chi connectivity index (χ2n) is 5.28. The first-order valence-electron chi connectivity index (χ1n) is 7.21. The van der Waals surface area contributed by atoms with Crippen molar-refractivity contribution < 1.29 is 17.6 Å². The topological polar surface area (TPSA) is 79.6 Å². The van der Waals surface area contributed by atoms with Gasteiger partial charge in [0, 0.05) is 19.5 Å². The van der Waals surface area contributed by atoms with Gasteiger partial charge in [-0.3, -0.25) is 4.79 Å². The fraction of sp³-hybridized carbons (Fsp3) is 0.400. The van der Waals surface area contributed by atoms with Crippen LogP contribution in [0.25, 0.3) is 0 Å². The monoisotopic (exact) mass is 356 g/mol. The first-order chi connectivity index (χ1) is 10.9. The summed E-state index contributed by atoms with van der Waals surface area (Å²) in [5.74, 6) is 0.545. The van der Waals surface area contributed by atoms with E-state index in [4.69, 9.17) is 4.42 Å². The van der Waals surface area contributed by atoms with Crippen molar-refractivity contribution >= 4 is 27.3 Å². The van der Waals surface area contributed by atoms with E-state index < -0.39 is 10.0 Å². The summed E-state index contributed by atoms with van der Waals surface area (Å²) in [6, 6.07) is 6.84. The minimum atomic E-state index is -3.60. The fourth-order valence-electron chi connectivity index (χ4n) is 2.06. The Kier molecular flexibility index (Phi) is 5.97. The molecule has 23 heavy (non-hydrogen) atoms. The summed E-state index contributed by atoms with van der Waals surface area (Å²) < 4.78 is 31.0. The average molecular weight is 356 g/mol. The second-order valence-corrected chi connectivity index (χ2v) is 8.50. The molecule has 0 saturated carbocycles. The molecule has 2 aromatic rings. The van der Waals surface area contributed by atoms with Crippen molar-refractivity contribution in [3.05, 3.63) is 41.7 Å². The molecule has 2 heterocycles. The molecule has 0 aromatic carbocycles. The summed E-state index contributed by atoms with van der Waals surface area (Å²) >= 11 is 1.13. The Bertz CT molecular complexity index is 709. The Labute approximate surface area is 140 Å². The summed E-state index contributed by atoms with van der Waals surface area (Å²) in [4.78, 5) is 12.0. The van der Waals surface area contributed by atoms with Gasteiger partial charge in [-0.05, 0) is 36.9 Å². The molecular weight excluding hydrogens is 336 g/mol. The van der Waals surface area contributed by atoms with Crippen molar-refractivity contribution in [3.63, 3.8) is 0 Å². The number of hydrogen-bond donors (Lipinski definition) is 1. The van der Waals surface area contributed by atoms with Gasteiger partial charge in [-0.25, -0.2) is 8.42 Å². The first kappa shape index (κ1) is 17.7. The van der Waals surface area contributed by atoms with Gasteiger partial charge in [-0.1, -0.05) is 6.07 Å². The number of likely N-dealkylation sites (N-methyl/N-ethyl adjacent to an activating group) is 1. The van der Waals surface area contributed by atoms with Crippen LogP contribution in [0.1, 0.15) is 19.1 Å². The lowest BCUT2D eigenvalue weighted by molar-refractivity contribution is -0.121. The van der Waals surface area contributed by atoms with Crippen LogP contribution in [-0.2, 0) is 21.2 Å². The Balaban J connectivity index is 1.81. The zero-order valence-corrected chi connectivity index (χ0v) is 14.7. The number of hydrogen-bond acceptors (Lipinski definition) is 5. The molecule has 6 nitrogen and oxygen atoms in total. The van der Waals surface area contributed by atoms with Crippen LogP contribution in [0.15, 0.2) is 44.5 Å². The van der Waals surface area contributed by atoms with Crippen LogP contribution in [0.3, 0.4) is 0 Å². The maximum Gasteiger partial charge on any atom is 0.252 e. The van der Waals surface area contributed by atoms with Crippen molar-refractivity contribution in [3.8, 4) is 0 Å². The smallest absolute Gasteiger partial charge is 0.252 e. The van der Waals surface area contributed by atoms with Crippen LogP contribution in [0.4, 0.5) is 0 Å². The molecule has 1 N–H and O–H groups in total. The third kappa shape index (κ3) is 4.92. The summed E-state index contributed by atoms with van der Waals surface area (Å²) in [5.41, 5.74) is 0. The minimum Gasteiger partial charge on any atom is -0.469 e. The molecule has 0 spiro atoms. The molecule has 1 atom stereocenters. The highest BCUT2D eigenvalue weighted by Crippen LogP contribution is 2.19. The van der Waals surface area contributed by atoms with Gasteiger partial charge in [0.15, 0.2) is 0 Å². The predicted octanol–water partition coefficient (Wildman–Crippen LogP) is 2.10. The van der Waals surface area contributed by atoms with E-state index >= 15 is 0 Å². The van der Waals surface area contributed by atoms with E-state index in [2.05, 4.69) is 5.32 Å². The average Bonchev–Trinajstić information content (AvgIpc) is 3.18. The third-order valence-electron chi connectivity index (χ3n) is 3.34. The lowest BCUT2D eigenvalue weighted by atomic mass is 10.1. The van der Waals surface area contributed by atoms with E-state index in [1.807, 2.05) is 19.1 Å². The number of carbonyl (C=O) groups excluding carboxylic acids is 1. The van der Waals surface area contributed by atoms with Crippen LogP contribution >= 0.6 is 11.3 Å². The number of rotatable bonds is 8. The highest BCUT2D eigenvalue weighted by atomic mass is 32.2. The minimum absolute atomic E-state index is 0.0644. The van der Waals surface area contributed by atoms with Crippen LogP contribution < -0.4 is 5.32 Å². The molecule has 126 valence electrons. The molecule has 2 aromatic heterocycles. The normalized spacial score (nSPS) is 13.2. The molecule has 1 amide bonds. The second kappa shape index (κ2) is 7.76. The lowest BCUT2D eigenvalue weighted by Crippen LogP contribution is -2.41. The Morgan fingerprint density at radius 2 is 2.17 bits per heavy atom. The molecule has 1 unspecified atom stereocenters. The van der Waals surface area contributed by atoms with Crippen molar-refractivity contribution in [1.82, 2.24) is 9.62 Å². The first-order valence-corrected chi connectivity index (χ1v) is 9.53. The number of nitrogens with one attached hydrogen (secondary N) is 1. The van der Waals surface area contributed by atoms with Gasteiger partial charge < -0.3 is 9.73 Å². The molecule has 0 saturated heterocycles. The van der Waals surface area contributed by atoms with Crippen LogP contribution in [-0.4, -0.2) is 38.3 Å². The molecule has 0 aliphatic heterocycles. The zero-order valence-electron chi connectivity index (χ0n) is 13.1. The number of amides is 1. The van der Waals surface area contributed by atoms with Gasteiger partial charge in [0.2, 0.25) is 5.91 Å². The van der Waals surface area contributed by atoms with Crippen LogP contribution in [0, 0.1) is 0 Å². The molecule has 0 radical (unpaired) electrons. The molecule has 0 aliphatic rings. The van der Waals surface area contributed by atoms with Crippen molar-refractivity contribution in [1.29, 1.82) is 0 Å². The Hall–Kier alpha value is -1.64. The Morgan fingerprint density at radius 3 is 2.78 bits per heavy atom.